The first kappa shape index (κ1) is 16.7. The molecule has 5 heteroatoms. The van der Waals surface area contributed by atoms with E-state index in [-0.39, 0.29) is 23.5 Å². The normalized spacial score (nSPS) is 26.1. The van der Waals surface area contributed by atoms with Crippen LogP contribution in [-0.4, -0.2) is 72.4 Å². The van der Waals surface area contributed by atoms with Gasteiger partial charge in [-0.2, -0.15) is 0 Å². The molecule has 0 saturated carbocycles. The minimum absolute atomic E-state index is 0.0905. The maximum atomic E-state index is 12.2. The largest absolute Gasteiger partial charge is 0.391 e. The van der Waals surface area contributed by atoms with Crippen LogP contribution in [0.15, 0.2) is 0 Å². The highest BCUT2D eigenvalue weighted by molar-refractivity contribution is 5.76. The second-order valence-corrected chi connectivity index (χ2v) is 7.40. The van der Waals surface area contributed by atoms with Crippen LogP contribution in [-0.2, 0) is 9.53 Å². The van der Waals surface area contributed by atoms with Crippen LogP contribution in [0, 0.1) is 5.41 Å². The highest BCUT2D eigenvalue weighted by Crippen LogP contribution is 2.21. The minimum atomic E-state index is -0.327. The molecular weight excluding hydrogens is 268 g/mol. The molecule has 1 N–H and O–H groups in total. The van der Waals surface area contributed by atoms with Gasteiger partial charge < -0.3 is 14.7 Å². The Hall–Kier alpha value is -0.650. The molecule has 0 unspecified atom stereocenters. The lowest BCUT2D eigenvalue weighted by Crippen LogP contribution is -2.52. The molecule has 0 aliphatic carbocycles. The van der Waals surface area contributed by atoms with Gasteiger partial charge in [-0.25, -0.2) is 0 Å². The van der Waals surface area contributed by atoms with Crippen LogP contribution in [0.4, 0.5) is 0 Å². The van der Waals surface area contributed by atoms with Crippen LogP contribution >= 0.6 is 0 Å². The Balaban J connectivity index is 1.71. The van der Waals surface area contributed by atoms with Crippen LogP contribution < -0.4 is 0 Å². The average Bonchev–Trinajstić information content (AvgIpc) is 2.91. The topological polar surface area (TPSA) is 53.0 Å². The summed E-state index contributed by atoms with van der Waals surface area (Å²) in [5.74, 6) is 0.220. The van der Waals surface area contributed by atoms with Crippen LogP contribution in [0.1, 0.15) is 40.0 Å². The molecule has 2 rings (SSSR count). The second-order valence-electron chi connectivity index (χ2n) is 7.40. The lowest BCUT2D eigenvalue weighted by atomic mass is 9.89. The van der Waals surface area contributed by atoms with Crippen molar-refractivity contribution in [3.63, 3.8) is 0 Å². The number of β-amino-alcohol motifs (C(OH)–C–C–N with tert-alkyl or cyclic N) is 1. The number of piperazine rings is 1. The molecule has 0 spiro atoms. The highest BCUT2D eigenvalue weighted by Gasteiger charge is 2.28. The van der Waals surface area contributed by atoms with E-state index in [0.29, 0.717) is 13.0 Å². The molecule has 2 atom stereocenters. The maximum absolute atomic E-state index is 12.2. The monoisotopic (exact) mass is 298 g/mol. The molecule has 122 valence electrons. The number of amides is 1. The summed E-state index contributed by atoms with van der Waals surface area (Å²) in [7, 11) is 0. The van der Waals surface area contributed by atoms with Gasteiger partial charge in [0.15, 0.2) is 0 Å². The molecule has 0 aromatic carbocycles. The van der Waals surface area contributed by atoms with Gasteiger partial charge in [0.1, 0.15) is 0 Å². The second kappa shape index (κ2) is 7.07. The summed E-state index contributed by atoms with van der Waals surface area (Å²) in [4.78, 5) is 16.4. The van der Waals surface area contributed by atoms with Crippen molar-refractivity contribution in [2.75, 3.05) is 39.3 Å². The number of hydrogen-bond donors (Lipinski definition) is 1. The molecule has 0 aromatic heterocycles. The predicted molar refractivity (Wildman–Crippen MR) is 82.1 cm³/mol. The Bertz CT molecular complexity index is 340. The summed E-state index contributed by atoms with van der Waals surface area (Å²) in [5.41, 5.74) is -0.0905. The quantitative estimate of drug-likeness (QED) is 0.845. The standard InChI is InChI=1S/C16H30N2O3/c1-16(2,3)14(19)12-17-6-8-18(9-7-17)15(20)11-13-5-4-10-21-13/h13-14,19H,4-12H2,1-3H3/t13-,14+/m1/s1. The number of ether oxygens (including phenoxy) is 1. The fourth-order valence-electron chi connectivity index (χ4n) is 2.83. The van der Waals surface area contributed by atoms with E-state index >= 15 is 0 Å². The van der Waals surface area contributed by atoms with Gasteiger partial charge in [0.25, 0.3) is 0 Å². The van der Waals surface area contributed by atoms with Gasteiger partial charge in [-0.15, -0.1) is 0 Å². The summed E-state index contributed by atoms with van der Waals surface area (Å²) in [6.45, 7) is 10.9. The molecule has 0 aromatic rings. The van der Waals surface area contributed by atoms with Crippen molar-refractivity contribution in [1.82, 2.24) is 9.80 Å². The molecule has 2 aliphatic rings. The third-order valence-electron chi connectivity index (χ3n) is 4.58. The number of rotatable bonds is 4. The zero-order valence-electron chi connectivity index (χ0n) is 13.7. The highest BCUT2D eigenvalue weighted by atomic mass is 16.5. The molecule has 2 aliphatic heterocycles. The third-order valence-corrected chi connectivity index (χ3v) is 4.58. The molecule has 2 saturated heterocycles. The molecule has 0 bridgehead atoms. The van der Waals surface area contributed by atoms with E-state index in [1.807, 2.05) is 4.90 Å². The van der Waals surface area contributed by atoms with Crippen LogP contribution in [0.25, 0.3) is 0 Å². The maximum Gasteiger partial charge on any atom is 0.225 e. The molecule has 2 fully saturated rings. The molecule has 0 radical (unpaired) electrons. The Morgan fingerprint density at radius 1 is 1.29 bits per heavy atom. The van der Waals surface area contributed by atoms with Crippen molar-refractivity contribution in [1.29, 1.82) is 0 Å². The van der Waals surface area contributed by atoms with Gasteiger partial charge in [-0.1, -0.05) is 20.8 Å². The fraction of sp³-hybridized carbons (Fsp3) is 0.938. The van der Waals surface area contributed by atoms with Crippen molar-refractivity contribution >= 4 is 5.91 Å². The molecule has 1 amide bonds. The predicted octanol–water partition coefficient (Wildman–Crippen LogP) is 1.11. The minimum Gasteiger partial charge on any atom is -0.391 e. The van der Waals surface area contributed by atoms with Crippen LogP contribution in [0.2, 0.25) is 0 Å². The lowest BCUT2D eigenvalue weighted by Gasteiger charge is -2.38. The lowest BCUT2D eigenvalue weighted by molar-refractivity contribution is -0.135. The van der Waals surface area contributed by atoms with Gasteiger partial charge in [0.2, 0.25) is 5.91 Å². The molecular formula is C16H30N2O3. The Kier molecular flexibility index (Phi) is 5.63. The van der Waals surface area contributed by atoms with Crippen molar-refractivity contribution in [3.05, 3.63) is 0 Å². The van der Waals surface area contributed by atoms with Gasteiger partial charge >= 0.3 is 0 Å². The summed E-state index contributed by atoms with van der Waals surface area (Å²) >= 11 is 0. The fourth-order valence-corrected chi connectivity index (χ4v) is 2.83. The number of carbonyl (C=O) groups is 1. The van der Waals surface area contributed by atoms with E-state index in [9.17, 15) is 9.90 Å². The number of aliphatic hydroxyl groups excluding tert-OH is 1. The summed E-state index contributed by atoms with van der Waals surface area (Å²) in [6.07, 6.45) is 2.44. The van der Waals surface area contributed by atoms with E-state index in [1.54, 1.807) is 0 Å². The number of nitrogens with zero attached hydrogens (tertiary/aromatic N) is 2. The zero-order valence-corrected chi connectivity index (χ0v) is 13.7. The van der Waals surface area contributed by atoms with E-state index < -0.39 is 0 Å². The number of hydrogen-bond acceptors (Lipinski definition) is 4. The third kappa shape index (κ3) is 4.94. The van der Waals surface area contributed by atoms with Crippen LogP contribution in [0.5, 0.6) is 0 Å². The Morgan fingerprint density at radius 2 is 1.95 bits per heavy atom. The van der Waals surface area contributed by atoms with E-state index in [2.05, 4.69) is 25.7 Å². The average molecular weight is 298 g/mol. The zero-order chi connectivity index (χ0) is 15.5. The smallest absolute Gasteiger partial charge is 0.225 e. The van der Waals surface area contributed by atoms with Crippen molar-refractivity contribution in [3.8, 4) is 0 Å². The van der Waals surface area contributed by atoms with Crippen molar-refractivity contribution in [2.24, 2.45) is 5.41 Å². The van der Waals surface area contributed by atoms with Crippen molar-refractivity contribution < 1.29 is 14.6 Å². The van der Waals surface area contributed by atoms with Crippen LogP contribution in [0.3, 0.4) is 0 Å². The van der Waals surface area contributed by atoms with E-state index in [4.69, 9.17) is 4.74 Å². The van der Waals surface area contributed by atoms with Gasteiger partial charge in [-0.3, -0.25) is 9.69 Å². The van der Waals surface area contributed by atoms with Crippen molar-refractivity contribution in [2.45, 2.75) is 52.2 Å². The summed E-state index contributed by atoms with van der Waals surface area (Å²) in [6, 6.07) is 0. The van der Waals surface area contributed by atoms with E-state index in [1.165, 1.54) is 0 Å². The summed E-state index contributed by atoms with van der Waals surface area (Å²) in [5, 5.41) is 10.2. The number of aliphatic hydroxyl groups is 1. The van der Waals surface area contributed by atoms with Gasteiger partial charge in [0.05, 0.1) is 18.6 Å². The first-order valence-corrected chi connectivity index (χ1v) is 8.16. The first-order valence-electron chi connectivity index (χ1n) is 8.16. The van der Waals surface area contributed by atoms with Gasteiger partial charge in [-0.05, 0) is 18.3 Å². The van der Waals surface area contributed by atoms with E-state index in [0.717, 1.165) is 45.6 Å². The molecule has 21 heavy (non-hydrogen) atoms. The SMILES string of the molecule is CC(C)(C)[C@@H](O)CN1CCN(C(=O)C[C@H]2CCCO2)CC1. The number of carbonyl (C=O) groups excluding carboxylic acids is 1. The molecule has 5 nitrogen and oxygen atoms in total. The first-order chi connectivity index (χ1) is 9.86. The summed E-state index contributed by atoms with van der Waals surface area (Å²) < 4.78 is 5.53. The Morgan fingerprint density at radius 3 is 2.48 bits per heavy atom. The Labute approximate surface area is 128 Å². The van der Waals surface area contributed by atoms with Gasteiger partial charge in [0, 0.05) is 39.3 Å². The molecule has 2 heterocycles.